The molecule has 0 saturated carbocycles. The molecule has 1 saturated heterocycles. The first-order valence-corrected chi connectivity index (χ1v) is 4.82. The zero-order chi connectivity index (χ0) is 11.8. The van der Waals surface area contributed by atoms with E-state index in [2.05, 4.69) is 4.98 Å². The molecule has 86 valence electrons. The molecule has 1 aromatic rings. The summed E-state index contributed by atoms with van der Waals surface area (Å²) in [5.41, 5.74) is -0.700. The van der Waals surface area contributed by atoms with Crippen LogP contribution in [0.15, 0.2) is 18.3 Å². The van der Waals surface area contributed by atoms with Crippen LogP contribution in [0.25, 0.3) is 0 Å². The summed E-state index contributed by atoms with van der Waals surface area (Å²) in [4.78, 5) is 16.0. The molecule has 6 heteroatoms. The third-order valence-electron chi connectivity index (χ3n) is 2.42. The van der Waals surface area contributed by atoms with Crippen molar-refractivity contribution in [3.63, 3.8) is 0 Å². The largest absolute Gasteiger partial charge is 0.433 e. The van der Waals surface area contributed by atoms with Crippen molar-refractivity contribution in [1.82, 2.24) is 4.98 Å². The van der Waals surface area contributed by atoms with Crippen molar-refractivity contribution in [2.24, 2.45) is 0 Å². The van der Waals surface area contributed by atoms with E-state index in [1.165, 1.54) is 11.0 Å². The Hall–Kier alpha value is -1.59. The lowest BCUT2D eigenvalue weighted by Crippen LogP contribution is -2.24. The van der Waals surface area contributed by atoms with Gasteiger partial charge in [0.2, 0.25) is 5.91 Å². The molecule has 1 aliphatic heterocycles. The second kappa shape index (κ2) is 3.77. The van der Waals surface area contributed by atoms with Gasteiger partial charge in [0, 0.05) is 24.8 Å². The van der Waals surface area contributed by atoms with Crippen LogP contribution in [0.1, 0.15) is 18.5 Å². The van der Waals surface area contributed by atoms with Crippen LogP contribution in [0.4, 0.5) is 18.9 Å². The van der Waals surface area contributed by atoms with Gasteiger partial charge >= 0.3 is 6.18 Å². The molecule has 0 bridgehead atoms. The third kappa shape index (κ3) is 2.00. The fraction of sp³-hybridized carbons (Fsp3) is 0.400. The Kier molecular flexibility index (Phi) is 2.57. The maximum absolute atomic E-state index is 12.4. The second-order valence-corrected chi connectivity index (χ2v) is 3.55. The zero-order valence-corrected chi connectivity index (χ0v) is 8.29. The first kappa shape index (κ1) is 10.9. The highest BCUT2D eigenvalue weighted by Crippen LogP contribution is 2.30. The maximum atomic E-state index is 12.4. The quantitative estimate of drug-likeness (QED) is 0.741. The van der Waals surface area contributed by atoms with Crippen molar-refractivity contribution in [3.05, 3.63) is 24.0 Å². The Morgan fingerprint density at radius 2 is 2.12 bits per heavy atom. The number of carbonyl (C=O) groups excluding carboxylic acids is 1. The number of hydrogen-bond acceptors (Lipinski definition) is 2. The summed E-state index contributed by atoms with van der Waals surface area (Å²) in [6.07, 6.45) is -2.32. The summed E-state index contributed by atoms with van der Waals surface area (Å²) in [5.74, 6) is -0.140. The summed E-state index contributed by atoms with van der Waals surface area (Å²) in [6, 6.07) is 2.32. The number of carbonyl (C=O) groups is 1. The normalized spacial score (nSPS) is 16.9. The molecular formula is C10H9F3N2O. The molecule has 3 nitrogen and oxygen atoms in total. The van der Waals surface area contributed by atoms with E-state index in [0.717, 1.165) is 12.3 Å². The first-order valence-electron chi connectivity index (χ1n) is 4.82. The molecule has 0 N–H and O–H groups in total. The molecule has 1 aliphatic rings. The molecule has 1 fully saturated rings. The SMILES string of the molecule is O=C1CCCN1c1ccnc(C(F)(F)F)c1. The highest BCUT2D eigenvalue weighted by atomic mass is 19.4. The summed E-state index contributed by atoms with van der Waals surface area (Å²) in [6.45, 7) is 0.472. The molecule has 2 rings (SSSR count). The average Bonchev–Trinajstić information content (AvgIpc) is 2.63. The minimum absolute atomic E-state index is 0.140. The minimum atomic E-state index is -4.47. The molecule has 1 amide bonds. The van der Waals surface area contributed by atoms with Gasteiger partial charge in [0.15, 0.2) is 0 Å². The van der Waals surface area contributed by atoms with Crippen LogP contribution in [0.2, 0.25) is 0 Å². The molecule has 0 spiro atoms. The van der Waals surface area contributed by atoms with Crippen molar-refractivity contribution >= 4 is 11.6 Å². The van der Waals surface area contributed by atoms with Crippen molar-refractivity contribution in [2.45, 2.75) is 19.0 Å². The van der Waals surface area contributed by atoms with Crippen molar-refractivity contribution in [3.8, 4) is 0 Å². The smallest absolute Gasteiger partial charge is 0.312 e. The van der Waals surface area contributed by atoms with Gasteiger partial charge in [-0.05, 0) is 18.6 Å². The van der Waals surface area contributed by atoms with Gasteiger partial charge in [0.1, 0.15) is 5.69 Å². The highest BCUT2D eigenvalue weighted by Gasteiger charge is 2.33. The van der Waals surface area contributed by atoms with Crippen LogP contribution in [0, 0.1) is 0 Å². The molecule has 0 unspecified atom stereocenters. The predicted octanol–water partition coefficient (Wildman–Crippen LogP) is 2.23. The number of hydrogen-bond donors (Lipinski definition) is 0. The van der Waals surface area contributed by atoms with Gasteiger partial charge in [-0.1, -0.05) is 0 Å². The Morgan fingerprint density at radius 1 is 1.38 bits per heavy atom. The number of nitrogens with zero attached hydrogens (tertiary/aromatic N) is 2. The maximum Gasteiger partial charge on any atom is 0.433 e. The van der Waals surface area contributed by atoms with Gasteiger partial charge in [-0.15, -0.1) is 0 Å². The number of anilines is 1. The van der Waals surface area contributed by atoms with Gasteiger partial charge in [-0.25, -0.2) is 0 Å². The Morgan fingerprint density at radius 3 is 2.69 bits per heavy atom. The van der Waals surface area contributed by atoms with E-state index in [9.17, 15) is 18.0 Å². The topological polar surface area (TPSA) is 33.2 Å². The number of pyridine rings is 1. The number of rotatable bonds is 1. The monoisotopic (exact) mass is 230 g/mol. The van der Waals surface area contributed by atoms with Crippen molar-refractivity contribution in [1.29, 1.82) is 0 Å². The van der Waals surface area contributed by atoms with E-state index in [1.54, 1.807) is 0 Å². The average molecular weight is 230 g/mol. The van der Waals surface area contributed by atoms with Crippen LogP contribution in [0.3, 0.4) is 0 Å². The summed E-state index contributed by atoms with van der Waals surface area (Å²) < 4.78 is 37.2. The molecule has 0 aromatic carbocycles. The molecular weight excluding hydrogens is 221 g/mol. The molecule has 0 radical (unpaired) electrons. The first-order chi connectivity index (χ1) is 7.48. The Labute approximate surface area is 89.9 Å². The van der Waals surface area contributed by atoms with Crippen LogP contribution in [-0.4, -0.2) is 17.4 Å². The van der Waals surface area contributed by atoms with E-state index in [4.69, 9.17) is 0 Å². The van der Waals surface area contributed by atoms with E-state index < -0.39 is 11.9 Å². The molecule has 16 heavy (non-hydrogen) atoms. The summed E-state index contributed by atoms with van der Waals surface area (Å²) in [7, 11) is 0. The molecule has 0 atom stereocenters. The van der Waals surface area contributed by atoms with E-state index in [1.807, 2.05) is 0 Å². The lowest BCUT2D eigenvalue weighted by Gasteiger charge is -2.16. The van der Waals surface area contributed by atoms with E-state index in [-0.39, 0.29) is 11.6 Å². The van der Waals surface area contributed by atoms with Crippen LogP contribution >= 0.6 is 0 Å². The highest BCUT2D eigenvalue weighted by molar-refractivity contribution is 5.95. The molecule has 0 aliphatic carbocycles. The zero-order valence-electron chi connectivity index (χ0n) is 8.29. The predicted molar refractivity (Wildman–Crippen MR) is 50.8 cm³/mol. The van der Waals surface area contributed by atoms with Crippen LogP contribution < -0.4 is 4.90 Å². The lowest BCUT2D eigenvalue weighted by molar-refractivity contribution is -0.141. The standard InChI is InChI=1S/C10H9F3N2O/c11-10(12,13)8-6-7(3-4-14-8)15-5-1-2-9(15)16/h3-4,6H,1-2,5H2. The summed E-state index contributed by atoms with van der Waals surface area (Å²) in [5, 5.41) is 0. The molecule has 2 heterocycles. The number of aromatic nitrogens is 1. The Bertz CT molecular complexity index is 417. The van der Waals surface area contributed by atoms with Crippen molar-refractivity contribution < 1.29 is 18.0 Å². The van der Waals surface area contributed by atoms with Gasteiger partial charge in [0.05, 0.1) is 0 Å². The second-order valence-electron chi connectivity index (χ2n) is 3.55. The van der Waals surface area contributed by atoms with Crippen LogP contribution in [-0.2, 0) is 11.0 Å². The number of halogens is 3. The van der Waals surface area contributed by atoms with Crippen LogP contribution in [0.5, 0.6) is 0 Å². The third-order valence-corrected chi connectivity index (χ3v) is 2.42. The van der Waals surface area contributed by atoms with Crippen molar-refractivity contribution in [2.75, 3.05) is 11.4 Å². The van der Waals surface area contributed by atoms with E-state index in [0.29, 0.717) is 19.4 Å². The number of alkyl halides is 3. The Balaban J connectivity index is 2.32. The fourth-order valence-corrected chi connectivity index (χ4v) is 1.66. The van der Waals surface area contributed by atoms with Gasteiger partial charge in [-0.3, -0.25) is 9.78 Å². The summed E-state index contributed by atoms with van der Waals surface area (Å²) >= 11 is 0. The lowest BCUT2D eigenvalue weighted by atomic mass is 10.3. The van der Waals surface area contributed by atoms with E-state index >= 15 is 0 Å². The fourth-order valence-electron chi connectivity index (χ4n) is 1.66. The number of amides is 1. The minimum Gasteiger partial charge on any atom is -0.312 e. The van der Waals surface area contributed by atoms with Gasteiger partial charge in [-0.2, -0.15) is 13.2 Å². The van der Waals surface area contributed by atoms with Gasteiger partial charge < -0.3 is 4.90 Å². The molecule has 1 aromatic heterocycles. The van der Waals surface area contributed by atoms with Gasteiger partial charge in [0.25, 0.3) is 0 Å².